The van der Waals surface area contributed by atoms with E-state index in [0.717, 1.165) is 5.56 Å². The monoisotopic (exact) mass is 416 g/mol. The Morgan fingerprint density at radius 3 is 2.60 bits per heavy atom. The van der Waals surface area contributed by atoms with E-state index in [0.29, 0.717) is 21.8 Å². The van der Waals surface area contributed by atoms with E-state index in [2.05, 4.69) is 15.6 Å². The molecule has 1 atom stereocenters. The normalized spacial score (nSPS) is 11.2. The van der Waals surface area contributed by atoms with Gasteiger partial charge < -0.3 is 10.6 Å². The summed E-state index contributed by atoms with van der Waals surface area (Å²) in [4.78, 5) is 29.3. The van der Waals surface area contributed by atoms with Gasteiger partial charge in [0.15, 0.2) is 0 Å². The van der Waals surface area contributed by atoms with Crippen molar-refractivity contribution in [2.75, 3.05) is 11.1 Å². The molecule has 0 aliphatic rings. The Morgan fingerprint density at radius 2 is 1.83 bits per heavy atom. The Labute approximate surface area is 179 Å². The Hall–Kier alpha value is -3.63. The number of nitrogens with one attached hydrogen (secondary N) is 2. The van der Waals surface area contributed by atoms with E-state index >= 15 is 0 Å². The van der Waals surface area contributed by atoms with Crippen molar-refractivity contribution in [3.63, 3.8) is 0 Å². The summed E-state index contributed by atoms with van der Waals surface area (Å²) in [5.41, 5.74) is 2.32. The van der Waals surface area contributed by atoms with Gasteiger partial charge in [-0.1, -0.05) is 54.2 Å². The fourth-order valence-corrected chi connectivity index (χ4v) is 3.47. The molecule has 2 N–H and O–H groups in total. The molecule has 3 aromatic rings. The second kappa shape index (κ2) is 10.2. The first kappa shape index (κ1) is 21.1. The molecule has 30 heavy (non-hydrogen) atoms. The van der Waals surface area contributed by atoms with Crippen LogP contribution in [0.1, 0.15) is 34.5 Å². The van der Waals surface area contributed by atoms with E-state index in [1.807, 2.05) is 43.3 Å². The van der Waals surface area contributed by atoms with Crippen molar-refractivity contribution in [1.82, 2.24) is 10.3 Å². The van der Waals surface area contributed by atoms with E-state index in [-0.39, 0.29) is 23.6 Å². The number of rotatable bonds is 7. The molecule has 3 rings (SSSR count). The van der Waals surface area contributed by atoms with Gasteiger partial charge in [-0.15, -0.1) is 0 Å². The molecule has 0 fully saturated rings. The minimum absolute atomic E-state index is 0.109. The molecule has 0 saturated carbocycles. The van der Waals surface area contributed by atoms with Crippen molar-refractivity contribution in [2.45, 2.75) is 18.0 Å². The number of hydrogen-bond donors (Lipinski definition) is 2. The highest BCUT2D eigenvalue weighted by molar-refractivity contribution is 7.99. The molecule has 7 heteroatoms. The third-order valence-electron chi connectivity index (χ3n) is 4.31. The molecule has 2 aromatic carbocycles. The number of para-hydroxylation sites is 1. The first-order valence-electron chi connectivity index (χ1n) is 9.30. The van der Waals surface area contributed by atoms with Gasteiger partial charge in [0.1, 0.15) is 0 Å². The molecule has 1 aromatic heterocycles. The standard InChI is InChI=1S/C23H20N4O2S/c1-16(18-7-3-2-4-8-18)26-23(29)19-9-5-6-10-20(19)27-21(28)15-30-22-13-17(14-24)11-12-25-22/h2-13,16H,15H2,1H3,(H,26,29)(H,27,28). The highest BCUT2D eigenvalue weighted by atomic mass is 32.2. The quantitative estimate of drug-likeness (QED) is 0.564. The molecule has 6 nitrogen and oxygen atoms in total. The lowest BCUT2D eigenvalue weighted by molar-refractivity contribution is -0.113. The topological polar surface area (TPSA) is 94.9 Å². The van der Waals surface area contributed by atoms with Crippen molar-refractivity contribution < 1.29 is 9.59 Å². The summed E-state index contributed by atoms with van der Waals surface area (Å²) in [5.74, 6) is -0.419. The summed E-state index contributed by atoms with van der Waals surface area (Å²) in [6, 6.07) is 21.7. The van der Waals surface area contributed by atoms with Gasteiger partial charge in [-0.05, 0) is 36.8 Å². The van der Waals surface area contributed by atoms with Crippen LogP contribution in [-0.4, -0.2) is 22.6 Å². The molecule has 0 saturated heterocycles. The minimum Gasteiger partial charge on any atom is -0.345 e. The zero-order valence-electron chi connectivity index (χ0n) is 16.3. The summed E-state index contributed by atoms with van der Waals surface area (Å²) < 4.78 is 0. The number of carbonyl (C=O) groups is 2. The Balaban J connectivity index is 1.63. The van der Waals surface area contributed by atoms with E-state index in [9.17, 15) is 9.59 Å². The maximum absolute atomic E-state index is 12.8. The van der Waals surface area contributed by atoms with Gasteiger partial charge in [0.25, 0.3) is 5.91 Å². The summed E-state index contributed by atoms with van der Waals surface area (Å²) >= 11 is 1.22. The van der Waals surface area contributed by atoms with Crippen molar-refractivity contribution in [3.05, 3.63) is 89.6 Å². The predicted octanol–water partition coefficient (Wildman–Crippen LogP) is 4.18. The van der Waals surface area contributed by atoms with E-state index < -0.39 is 0 Å². The maximum atomic E-state index is 12.8. The molecule has 1 heterocycles. The van der Waals surface area contributed by atoms with Crippen molar-refractivity contribution >= 4 is 29.3 Å². The first-order chi connectivity index (χ1) is 14.6. The number of nitrogens with zero attached hydrogens (tertiary/aromatic N) is 2. The van der Waals surface area contributed by atoms with Gasteiger partial charge in [0.2, 0.25) is 5.91 Å². The van der Waals surface area contributed by atoms with Gasteiger partial charge in [-0.25, -0.2) is 4.98 Å². The molecule has 0 radical (unpaired) electrons. The van der Waals surface area contributed by atoms with Crippen LogP contribution in [0.25, 0.3) is 0 Å². The van der Waals surface area contributed by atoms with Gasteiger partial charge in [-0.3, -0.25) is 9.59 Å². The smallest absolute Gasteiger partial charge is 0.253 e. The molecule has 0 aliphatic carbocycles. The first-order valence-corrected chi connectivity index (χ1v) is 10.3. The number of amides is 2. The van der Waals surface area contributed by atoms with Crippen LogP contribution in [0.3, 0.4) is 0 Å². The lowest BCUT2D eigenvalue weighted by atomic mass is 10.1. The molecular formula is C23H20N4O2S. The van der Waals surface area contributed by atoms with Crippen LogP contribution in [0, 0.1) is 11.3 Å². The Bertz CT molecular complexity index is 1080. The van der Waals surface area contributed by atoms with Crippen LogP contribution in [0.5, 0.6) is 0 Å². The van der Waals surface area contributed by atoms with E-state index in [1.54, 1.807) is 36.4 Å². The number of thioether (sulfide) groups is 1. The second-order valence-electron chi connectivity index (χ2n) is 6.48. The number of carbonyl (C=O) groups excluding carboxylic acids is 2. The fourth-order valence-electron chi connectivity index (χ4n) is 2.77. The molecule has 0 bridgehead atoms. The zero-order valence-corrected chi connectivity index (χ0v) is 17.1. The van der Waals surface area contributed by atoms with Crippen LogP contribution in [-0.2, 0) is 4.79 Å². The number of hydrogen-bond acceptors (Lipinski definition) is 5. The number of benzene rings is 2. The van der Waals surface area contributed by atoms with Gasteiger partial charge in [0.05, 0.1) is 39.7 Å². The number of aromatic nitrogens is 1. The fraction of sp³-hybridized carbons (Fsp3) is 0.130. The number of pyridine rings is 1. The minimum atomic E-state index is -0.265. The van der Waals surface area contributed by atoms with Crippen LogP contribution >= 0.6 is 11.8 Å². The molecule has 1 unspecified atom stereocenters. The highest BCUT2D eigenvalue weighted by Gasteiger charge is 2.16. The number of nitriles is 1. The highest BCUT2D eigenvalue weighted by Crippen LogP contribution is 2.20. The largest absolute Gasteiger partial charge is 0.345 e. The third-order valence-corrected chi connectivity index (χ3v) is 5.23. The Morgan fingerprint density at radius 1 is 1.10 bits per heavy atom. The van der Waals surface area contributed by atoms with E-state index in [4.69, 9.17) is 5.26 Å². The molecular weight excluding hydrogens is 396 g/mol. The number of anilines is 1. The van der Waals surface area contributed by atoms with Gasteiger partial charge >= 0.3 is 0 Å². The molecule has 0 aliphatic heterocycles. The summed E-state index contributed by atoms with van der Waals surface area (Å²) in [5, 5.41) is 15.3. The Kier molecular flexibility index (Phi) is 7.19. The van der Waals surface area contributed by atoms with Crippen LogP contribution in [0.15, 0.2) is 78.0 Å². The van der Waals surface area contributed by atoms with Gasteiger partial charge in [-0.2, -0.15) is 5.26 Å². The summed E-state index contributed by atoms with van der Waals surface area (Å²) in [6.45, 7) is 1.91. The second-order valence-corrected chi connectivity index (χ2v) is 7.48. The summed E-state index contributed by atoms with van der Waals surface area (Å²) in [7, 11) is 0. The lowest BCUT2D eigenvalue weighted by Crippen LogP contribution is -2.28. The van der Waals surface area contributed by atoms with Crippen LogP contribution < -0.4 is 10.6 Å². The SMILES string of the molecule is CC(NC(=O)c1ccccc1NC(=O)CSc1cc(C#N)ccn1)c1ccccc1. The van der Waals surface area contributed by atoms with Crippen LogP contribution in [0.2, 0.25) is 0 Å². The average molecular weight is 417 g/mol. The van der Waals surface area contributed by atoms with Crippen molar-refractivity contribution in [2.24, 2.45) is 0 Å². The average Bonchev–Trinajstić information content (AvgIpc) is 2.78. The van der Waals surface area contributed by atoms with E-state index in [1.165, 1.54) is 18.0 Å². The molecule has 150 valence electrons. The third kappa shape index (κ3) is 5.69. The van der Waals surface area contributed by atoms with Crippen molar-refractivity contribution in [1.29, 1.82) is 5.26 Å². The maximum Gasteiger partial charge on any atom is 0.253 e. The predicted molar refractivity (Wildman–Crippen MR) is 117 cm³/mol. The summed E-state index contributed by atoms with van der Waals surface area (Å²) in [6.07, 6.45) is 1.53. The lowest BCUT2D eigenvalue weighted by Gasteiger charge is -2.16. The zero-order chi connectivity index (χ0) is 21.3. The van der Waals surface area contributed by atoms with Gasteiger partial charge in [0, 0.05) is 6.20 Å². The van der Waals surface area contributed by atoms with Crippen molar-refractivity contribution in [3.8, 4) is 6.07 Å². The molecule has 0 spiro atoms. The van der Waals surface area contributed by atoms with Crippen LogP contribution in [0.4, 0.5) is 5.69 Å². The molecule has 2 amide bonds.